The monoisotopic (exact) mass is 387 g/mol. The second-order valence-electron chi connectivity index (χ2n) is 7.43. The quantitative estimate of drug-likeness (QED) is 0.771. The Balaban J connectivity index is 1.56. The summed E-state index contributed by atoms with van der Waals surface area (Å²) in [5.74, 6) is 0.755. The summed E-state index contributed by atoms with van der Waals surface area (Å²) in [4.78, 5) is 14.9. The molecule has 1 saturated carbocycles. The molecule has 0 spiro atoms. The Bertz CT molecular complexity index is 704. The van der Waals surface area contributed by atoms with Crippen molar-refractivity contribution in [2.24, 2.45) is 0 Å². The number of carbonyl (C=O) groups is 1. The minimum atomic E-state index is -0.148. The molecule has 1 amide bonds. The van der Waals surface area contributed by atoms with Gasteiger partial charge in [0.25, 0.3) is 5.91 Å². The van der Waals surface area contributed by atoms with Crippen LogP contribution in [0.1, 0.15) is 37.7 Å². The van der Waals surface area contributed by atoms with Crippen LogP contribution in [0.5, 0.6) is 11.5 Å². The van der Waals surface area contributed by atoms with E-state index in [0.29, 0.717) is 23.6 Å². The number of nitrogens with one attached hydrogen (secondary N) is 1. The zero-order valence-corrected chi connectivity index (χ0v) is 16.5. The fraction of sp³-hybridized carbons (Fsp3) is 0.619. The zero-order valence-electron chi connectivity index (χ0n) is 16.5. The number of hydrogen-bond acceptors (Lipinski definition) is 6. The van der Waals surface area contributed by atoms with Gasteiger partial charge in [-0.15, -0.1) is 0 Å². The molecule has 152 valence electrons. The first-order chi connectivity index (χ1) is 13.7. The van der Waals surface area contributed by atoms with E-state index in [1.54, 1.807) is 18.2 Å². The van der Waals surface area contributed by atoms with Crippen LogP contribution in [0.2, 0.25) is 0 Å². The molecular formula is C21H29N3O4. The maximum Gasteiger partial charge on any atom is 0.258 e. The minimum absolute atomic E-state index is 0.0316. The summed E-state index contributed by atoms with van der Waals surface area (Å²) in [5.41, 5.74) is 0.516. The maximum absolute atomic E-state index is 12.4. The first-order valence-corrected chi connectivity index (χ1v) is 9.97. The van der Waals surface area contributed by atoms with Gasteiger partial charge in [0.1, 0.15) is 0 Å². The molecule has 0 radical (unpaired) electrons. The van der Waals surface area contributed by atoms with E-state index in [2.05, 4.69) is 16.3 Å². The molecule has 1 saturated heterocycles. The smallest absolute Gasteiger partial charge is 0.258 e. The molecule has 1 N–H and O–H groups in total. The molecule has 1 aliphatic heterocycles. The van der Waals surface area contributed by atoms with Crippen LogP contribution in [0, 0.1) is 11.3 Å². The number of amides is 1. The molecule has 2 fully saturated rings. The summed E-state index contributed by atoms with van der Waals surface area (Å²) in [7, 11) is 1.51. The van der Waals surface area contributed by atoms with E-state index in [1.807, 2.05) is 0 Å². The Morgan fingerprint density at radius 3 is 2.68 bits per heavy atom. The lowest BCUT2D eigenvalue weighted by molar-refractivity contribution is -0.124. The van der Waals surface area contributed by atoms with Gasteiger partial charge in [0.2, 0.25) is 0 Å². The molecular weight excluding hydrogens is 358 g/mol. The zero-order chi connectivity index (χ0) is 19.8. The predicted molar refractivity (Wildman–Crippen MR) is 104 cm³/mol. The summed E-state index contributed by atoms with van der Waals surface area (Å²) in [6.07, 6.45) is 5.88. The second-order valence-corrected chi connectivity index (χ2v) is 7.43. The highest BCUT2D eigenvalue weighted by atomic mass is 16.5. The molecule has 0 aromatic heterocycles. The third-order valence-electron chi connectivity index (χ3n) is 5.73. The minimum Gasteiger partial charge on any atom is -0.493 e. The van der Waals surface area contributed by atoms with Gasteiger partial charge in [0.05, 0.1) is 32.0 Å². The first kappa shape index (κ1) is 20.4. The Morgan fingerprint density at radius 2 is 2.00 bits per heavy atom. The SMILES string of the molecule is COc1cc(C#N)ccc1OCC(=O)NCC1(N2CCOCC2)CCCCC1. The van der Waals surface area contributed by atoms with E-state index in [0.717, 1.165) is 39.1 Å². The first-order valence-electron chi connectivity index (χ1n) is 9.97. The molecule has 1 aromatic carbocycles. The predicted octanol–water partition coefficient (Wildman–Crippen LogP) is 2.10. The number of methoxy groups -OCH3 is 1. The van der Waals surface area contributed by atoms with Crippen molar-refractivity contribution in [2.45, 2.75) is 37.6 Å². The van der Waals surface area contributed by atoms with Gasteiger partial charge in [0, 0.05) is 31.2 Å². The lowest BCUT2D eigenvalue weighted by Crippen LogP contribution is -2.60. The average Bonchev–Trinajstić information content (AvgIpc) is 2.77. The van der Waals surface area contributed by atoms with E-state index in [4.69, 9.17) is 19.5 Å². The molecule has 7 heteroatoms. The number of carbonyl (C=O) groups excluding carboxylic acids is 1. The topological polar surface area (TPSA) is 83.8 Å². The summed E-state index contributed by atoms with van der Waals surface area (Å²) < 4.78 is 16.4. The number of hydrogen-bond donors (Lipinski definition) is 1. The lowest BCUT2D eigenvalue weighted by Gasteiger charge is -2.48. The Morgan fingerprint density at radius 1 is 1.25 bits per heavy atom. The van der Waals surface area contributed by atoms with E-state index in [9.17, 15) is 4.79 Å². The molecule has 1 aromatic rings. The van der Waals surface area contributed by atoms with Crippen molar-refractivity contribution in [3.8, 4) is 17.6 Å². The number of morpholine rings is 1. The van der Waals surface area contributed by atoms with Crippen molar-refractivity contribution in [3.63, 3.8) is 0 Å². The van der Waals surface area contributed by atoms with Crippen molar-refractivity contribution in [2.75, 3.05) is 46.6 Å². The highest BCUT2D eigenvalue weighted by Gasteiger charge is 2.38. The summed E-state index contributed by atoms with van der Waals surface area (Å²) >= 11 is 0. The summed E-state index contributed by atoms with van der Waals surface area (Å²) in [6.45, 7) is 3.93. The highest BCUT2D eigenvalue weighted by Crippen LogP contribution is 2.34. The van der Waals surface area contributed by atoms with Gasteiger partial charge < -0.3 is 19.5 Å². The summed E-state index contributed by atoms with van der Waals surface area (Å²) in [6, 6.07) is 6.96. The van der Waals surface area contributed by atoms with Crippen LogP contribution in [-0.4, -0.2) is 62.9 Å². The van der Waals surface area contributed by atoms with Crippen LogP contribution >= 0.6 is 0 Å². The molecule has 1 aliphatic carbocycles. The standard InChI is InChI=1S/C21H29N3O4/c1-26-19-13-17(14-22)5-6-18(19)28-15-20(25)23-16-21(7-3-2-4-8-21)24-9-11-27-12-10-24/h5-6,13H,2-4,7-12,15-16H2,1H3,(H,23,25). The number of nitrogens with zero attached hydrogens (tertiary/aromatic N) is 2. The number of nitriles is 1. The van der Waals surface area contributed by atoms with Crippen LogP contribution in [0.15, 0.2) is 18.2 Å². The third-order valence-corrected chi connectivity index (χ3v) is 5.73. The molecule has 7 nitrogen and oxygen atoms in total. The van der Waals surface area contributed by atoms with E-state index in [-0.39, 0.29) is 18.1 Å². The highest BCUT2D eigenvalue weighted by molar-refractivity contribution is 5.77. The lowest BCUT2D eigenvalue weighted by atomic mass is 9.79. The third kappa shape index (κ3) is 4.94. The van der Waals surface area contributed by atoms with E-state index in [1.165, 1.54) is 26.4 Å². The molecule has 2 aliphatic rings. The Hall–Kier alpha value is -2.30. The van der Waals surface area contributed by atoms with Crippen molar-refractivity contribution >= 4 is 5.91 Å². The van der Waals surface area contributed by atoms with Crippen molar-refractivity contribution in [3.05, 3.63) is 23.8 Å². The van der Waals surface area contributed by atoms with Crippen molar-refractivity contribution in [1.82, 2.24) is 10.2 Å². The Kier molecular flexibility index (Phi) is 7.12. The average molecular weight is 387 g/mol. The van der Waals surface area contributed by atoms with Gasteiger partial charge in [-0.05, 0) is 25.0 Å². The molecule has 1 heterocycles. The molecule has 0 bridgehead atoms. The van der Waals surface area contributed by atoms with Gasteiger partial charge in [-0.25, -0.2) is 0 Å². The van der Waals surface area contributed by atoms with Gasteiger partial charge in [0.15, 0.2) is 18.1 Å². The fourth-order valence-corrected chi connectivity index (χ4v) is 4.17. The molecule has 28 heavy (non-hydrogen) atoms. The van der Waals surface area contributed by atoms with Crippen molar-refractivity contribution in [1.29, 1.82) is 5.26 Å². The molecule has 3 rings (SSSR count). The van der Waals surface area contributed by atoms with Gasteiger partial charge >= 0.3 is 0 Å². The number of benzene rings is 1. The van der Waals surface area contributed by atoms with E-state index < -0.39 is 0 Å². The molecule has 0 atom stereocenters. The van der Waals surface area contributed by atoms with Crippen LogP contribution in [0.25, 0.3) is 0 Å². The fourth-order valence-electron chi connectivity index (χ4n) is 4.17. The maximum atomic E-state index is 12.4. The normalized spacial score (nSPS) is 19.4. The number of ether oxygens (including phenoxy) is 3. The largest absolute Gasteiger partial charge is 0.493 e. The van der Waals surface area contributed by atoms with Crippen LogP contribution in [0.4, 0.5) is 0 Å². The second kappa shape index (κ2) is 9.76. The van der Waals surface area contributed by atoms with Crippen LogP contribution in [-0.2, 0) is 9.53 Å². The Labute approximate surface area is 166 Å². The van der Waals surface area contributed by atoms with Crippen molar-refractivity contribution < 1.29 is 19.0 Å². The van der Waals surface area contributed by atoms with E-state index >= 15 is 0 Å². The van der Waals surface area contributed by atoms with Crippen LogP contribution in [0.3, 0.4) is 0 Å². The van der Waals surface area contributed by atoms with Gasteiger partial charge in [-0.2, -0.15) is 5.26 Å². The number of rotatable bonds is 7. The van der Waals surface area contributed by atoms with Gasteiger partial charge in [-0.1, -0.05) is 19.3 Å². The van der Waals surface area contributed by atoms with Crippen LogP contribution < -0.4 is 14.8 Å². The molecule has 0 unspecified atom stereocenters. The summed E-state index contributed by atoms with van der Waals surface area (Å²) in [5, 5.41) is 12.1. The van der Waals surface area contributed by atoms with Gasteiger partial charge in [-0.3, -0.25) is 9.69 Å².